The van der Waals surface area contributed by atoms with E-state index in [1.165, 1.54) is 45.0 Å². The first-order valence-corrected chi connectivity index (χ1v) is 20.8. The summed E-state index contributed by atoms with van der Waals surface area (Å²) >= 11 is 0. The van der Waals surface area contributed by atoms with Crippen molar-refractivity contribution in [2.24, 2.45) is 5.92 Å². The minimum atomic E-state index is 0.108. The van der Waals surface area contributed by atoms with Crippen molar-refractivity contribution in [3.63, 3.8) is 0 Å². The van der Waals surface area contributed by atoms with Gasteiger partial charge in [0.25, 0.3) is 0 Å². The van der Waals surface area contributed by atoms with Gasteiger partial charge in [0.2, 0.25) is 5.95 Å². The van der Waals surface area contributed by atoms with Crippen LogP contribution in [0.15, 0.2) is 164 Å². The Morgan fingerprint density at radius 3 is 1.63 bits per heavy atom. The van der Waals surface area contributed by atoms with Gasteiger partial charge in [0.1, 0.15) is 0 Å². The van der Waals surface area contributed by atoms with Crippen LogP contribution in [0.2, 0.25) is 0 Å². The monoisotopic (exact) mass is 763 g/mol. The van der Waals surface area contributed by atoms with E-state index in [2.05, 4.69) is 171 Å². The van der Waals surface area contributed by atoms with Gasteiger partial charge in [-0.3, -0.25) is 4.57 Å². The molecule has 0 saturated carbocycles. The average molecular weight is 764 g/mol. The summed E-state index contributed by atoms with van der Waals surface area (Å²) in [5.41, 5.74) is 13.1. The normalized spacial score (nSPS) is 15.9. The Morgan fingerprint density at radius 2 is 0.983 bits per heavy atom. The van der Waals surface area contributed by atoms with Crippen LogP contribution < -0.4 is 0 Å². The largest absolute Gasteiger partial charge is 0.309 e. The van der Waals surface area contributed by atoms with Gasteiger partial charge < -0.3 is 4.57 Å². The molecule has 3 heterocycles. The second-order valence-corrected chi connectivity index (χ2v) is 17.6. The number of hydrogen-bond acceptors (Lipinski definition) is 3. The van der Waals surface area contributed by atoms with Crippen molar-refractivity contribution in [2.75, 3.05) is 0 Å². The number of para-hydroxylation sites is 2. The summed E-state index contributed by atoms with van der Waals surface area (Å²) in [4.78, 5) is 15.4. The van der Waals surface area contributed by atoms with E-state index in [1.807, 2.05) is 36.4 Å². The highest BCUT2D eigenvalue weighted by Gasteiger charge is 2.42. The van der Waals surface area contributed by atoms with E-state index in [1.54, 1.807) is 0 Å². The first kappa shape index (κ1) is 35.3. The molecule has 0 N–H and O–H groups in total. The molecule has 286 valence electrons. The lowest BCUT2D eigenvalue weighted by atomic mass is 9.58. The highest BCUT2D eigenvalue weighted by atomic mass is 15.2. The van der Waals surface area contributed by atoms with E-state index in [9.17, 15) is 0 Å². The van der Waals surface area contributed by atoms with E-state index in [4.69, 9.17) is 15.0 Å². The van der Waals surface area contributed by atoms with Gasteiger partial charge in [-0.05, 0) is 81.8 Å². The molecule has 1 unspecified atom stereocenters. The highest BCUT2D eigenvalue weighted by molar-refractivity contribution is 6.19. The fraction of sp³-hybridized carbons (Fsp3) is 0.167. The molecule has 0 fully saturated rings. The molecular weight excluding hydrogens is 719 g/mol. The molecule has 10 aromatic rings. The van der Waals surface area contributed by atoms with Crippen LogP contribution in [0, 0.1) is 5.92 Å². The molecule has 0 saturated heterocycles. The summed E-state index contributed by atoms with van der Waals surface area (Å²) in [5, 5.41) is 4.73. The predicted molar refractivity (Wildman–Crippen MR) is 245 cm³/mol. The van der Waals surface area contributed by atoms with Crippen LogP contribution in [0.1, 0.15) is 52.2 Å². The van der Waals surface area contributed by atoms with Crippen LogP contribution in [0.3, 0.4) is 0 Å². The van der Waals surface area contributed by atoms with E-state index in [0.717, 1.165) is 44.1 Å². The minimum absolute atomic E-state index is 0.108. The Labute approximate surface area is 344 Å². The fourth-order valence-corrected chi connectivity index (χ4v) is 9.89. The van der Waals surface area contributed by atoms with Gasteiger partial charge in [0, 0.05) is 38.4 Å². The van der Waals surface area contributed by atoms with Gasteiger partial charge in [0.15, 0.2) is 11.6 Å². The maximum atomic E-state index is 5.21. The van der Waals surface area contributed by atoms with Gasteiger partial charge in [0.05, 0.1) is 22.1 Å². The van der Waals surface area contributed by atoms with Gasteiger partial charge in [-0.1, -0.05) is 162 Å². The van der Waals surface area contributed by atoms with Gasteiger partial charge in [-0.2, -0.15) is 9.97 Å². The smallest absolute Gasteiger partial charge is 0.238 e. The SMILES string of the molecule is CC1CC(C)(C)c2cc(-c3cccc(-n4c5ccccc5c5cc6c7ccccc7n(-c7nc(-c8ccccc8)nc(-c8ccccc8)n7)c6cc54)c3)ccc2C1(C)C. The standard InChI is InChI=1S/C54H45N5/c1-34-33-53(2,3)45-30-38(27-28-44(45)54(34,4)5)37-21-16-22-39(29-37)58-46-25-14-12-23-40(46)42-31-43-41-24-13-15-26-47(41)59(49(43)32-48(42)58)52-56-50(35-17-8-6-9-18-35)55-51(57-52)36-19-10-7-11-20-36/h6-32,34H,33H2,1-5H3. The Kier molecular flexibility index (Phi) is 7.83. The van der Waals surface area contributed by atoms with Crippen molar-refractivity contribution in [2.45, 2.75) is 51.9 Å². The molecule has 59 heavy (non-hydrogen) atoms. The number of fused-ring (bicyclic) bond motifs is 7. The Morgan fingerprint density at radius 1 is 0.441 bits per heavy atom. The van der Waals surface area contributed by atoms with Crippen LogP contribution in [0.4, 0.5) is 0 Å². The number of benzene rings is 7. The van der Waals surface area contributed by atoms with Crippen LogP contribution >= 0.6 is 0 Å². The molecule has 5 heteroatoms. The molecule has 0 radical (unpaired) electrons. The average Bonchev–Trinajstić information content (AvgIpc) is 3.77. The lowest BCUT2D eigenvalue weighted by Crippen LogP contribution is -2.40. The molecule has 11 rings (SSSR count). The molecule has 1 aliphatic carbocycles. The molecule has 0 bridgehead atoms. The number of nitrogens with zero attached hydrogens (tertiary/aromatic N) is 5. The quantitative estimate of drug-likeness (QED) is 0.175. The third-order valence-corrected chi connectivity index (χ3v) is 13.3. The molecule has 7 aromatic carbocycles. The summed E-state index contributed by atoms with van der Waals surface area (Å²) in [6, 6.07) is 58.8. The molecule has 0 spiro atoms. The Balaban J connectivity index is 1.15. The Bertz CT molecular complexity index is 3200. The lowest BCUT2D eigenvalue weighted by Gasteiger charge is -2.46. The number of rotatable bonds is 5. The van der Waals surface area contributed by atoms with Crippen LogP contribution in [-0.4, -0.2) is 24.1 Å². The van der Waals surface area contributed by atoms with Crippen molar-refractivity contribution >= 4 is 43.6 Å². The van der Waals surface area contributed by atoms with Crippen molar-refractivity contribution < 1.29 is 0 Å². The van der Waals surface area contributed by atoms with Gasteiger partial charge in [-0.15, -0.1) is 0 Å². The third-order valence-electron chi connectivity index (χ3n) is 13.3. The summed E-state index contributed by atoms with van der Waals surface area (Å²) in [6.45, 7) is 12.1. The summed E-state index contributed by atoms with van der Waals surface area (Å²) in [7, 11) is 0. The lowest BCUT2D eigenvalue weighted by molar-refractivity contribution is 0.233. The third kappa shape index (κ3) is 5.55. The van der Waals surface area contributed by atoms with Crippen molar-refractivity contribution in [1.29, 1.82) is 0 Å². The number of hydrogen-bond donors (Lipinski definition) is 0. The zero-order chi connectivity index (χ0) is 40.0. The van der Waals surface area contributed by atoms with E-state index >= 15 is 0 Å². The Hall–Kier alpha value is -6.85. The second kappa shape index (κ2) is 13.1. The van der Waals surface area contributed by atoms with Crippen LogP contribution in [0.25, 0.3) is 89.2 Å². The highest BCUT2D eigenvalue weighted by Crippen LogP contribution is 2.50. The van der Waals surface area contributed by atoms with Crippen LogP contribution in [0.5, 0.6) is 0 Å². The predicted octanol–water partition coefficient (Wildman–Crippen LogP) is 13.7. The minimum Gasteiger partial charge on any atom is -0.309 e. The van der Waals surface area contributed by atoms with Crippen LogP contribution in [-0.2, 0) is 10.8 Å². The molecule has 5 nitrogen and oxygen atoms in total. The first-order valence-electron chi connectivity index (χ1n) is 20.8. The van der Waals surface area contributed by atoms with E-state index in [-0.39, 0.29) is 10.8 Å². The molecule has 3 aromatic heterocycles. The second-order valence-electron chi connectivity index (χ2n) is 17.6. The molecular formula is C54H45N5. The maximum Gasteiger partial charge on any atom is 0.238 e. The first-order chi connectivity index (χ1) is 28.7. The molecule has 0 aliphatic heterocycles. The summed E-state index contributed by atoms with van der Waals surface area (Å²) in [6.07, 6.45) is 1.18. The molecule has 1 aliphatic rings. The van der Waals surface area contributed by atoms with Crippen molar-refractivity contribution in [3.05, 3.63) is 175 Å². The topological polar surface area (TPSA) is 48.5 Å². The zero-order valence-electron chi connectivity index (χ0n) is 34.1. The zero-order valence-corrected chi connectivity index (χ0v) is 34.1. The van der Waals surface area contributed by atoms with Gasteiger partial charge in [-0.25, -0.2) is 4.98 Å². The maximum absolute atomic E-state index is 5.21. The van der Waals surface area contributed by atoms with Crippen molar-refractivity contribution in [3.8, 4) is 45.5 Å². The fourth-order valence-electron chi connectivity index (χ4n) is 9.89. The van der Waals surface area contributed by atoms with Crippen molar-refractivity contribution in [1.82, 2.24) is 24.1 Å². The molecule has 1 atom stereocenters. The van der Waals surface area contributed by atoms with E-state index in [0.29, 0.717) is 23.5 Å². The van der Waals surface area contributed by atoms with E-state index < -0.39 is 0 Å². The summed E-state index contributed by atoms with van der Waals surface area (Å²) < 4.78 is 4.65. The number of aromatic nitrogens is 5. The summed E-state index contributed by atoms with van der Waals surface area (Å²) in [5.74, 6) is 2.47. The van der Waals surface area contributed by atoms with Gasteiger partial charge >= 0.3 is 0 Å². The molecule has 0 amide bonds.